The molecule has 0 aromatic heterocycles. The first kappa shape index (κ1) is 20.1. The molecule has 26 heavy (non-hydrogen) atoms. The van der Waals surface area contributed by atoms with Crippen molar-refractivity contribution >= 4 is 5.91 Å². The Labute approximate surface area is 155 Å². The summed E-state index contributed by atoms with van der Waals surface area (Å²) in [7, 11) is 3.24. The normalized spacial score (nSPS) is 12.1. The average Bonchev–Trinajstić information content (AvgIpc) is 2.70. The number of carbonyl (C=O) groups excluding carboxylic acids is 1. The summed E-state index contributed by atoms with van der Waals surface area (Å²) in [5.41, 5.74) is 2.31. The Hall–Kier alpha value is -2.21. The number of ether oxygens (including phenoxy) is 2. The first-order valence-electron chi connectivity index (χ1n) is 8.87. The summed E-state index contributed by atoms with van der Waals surface area (Å²) in [6, 6.07) is 20.1. The molecule has 5 nitrogen and oxygen atoms in total. The van der Waals surface area contributed by atoms with E-state index in [1.165, 1.54) is 5.56 Å². The first-order chi connectivity index (χ1) is 12.7. The van der Waals surface area contributed by atoms with E-state index in [1.54, 1.807) is 14.2 Å². The molecule has 1 atom stereocenters. The van der Waals surface area contributed by atoms with Crippen molar-refractivity contribution in [3.8, 4) is 0 Å². The fraction of sp³-hybridized carbons (Fsp3) is 0.381. The van der Waals surface area contributed by atoms with Crippen LogP contribution in [0, 0.1) is 0 Å². The Kier molecular flexibility index (Phi) is 8.83. The van der Waals surface area contributed by atoms with Crippen molar-refractivity contribution in [2.24, 2.45) is 0 Å². The number of hydrogen-bond donors (Lipinski definition) is 2. The van der Waals surface area contributed by atoms with Gasteiger partial charge in [-0.25, -0.2) is 0 Å². The maximum absolute atomic E-state index is 12.2. The molecular weight excluding hydrogens is 328 g/mol. The molecule has 2 N–H and O–H groups in total. The Morgan fingerprint density at radius 1 is 0.962 bits per heavy atom. The molecule has 5 heteroatoms. The lowest BCUT2D eigenvalue weighted by molar-refractivity contribution is -0.121. The van der Waals surface area contributed by atoms with Gasteiger partial charge in [0.15, 0.2) is 6.29 Å². The van der Waals surface area contributed by atoms with Crippen LogP contribution in [0.2, 0.25) is 0 Å². The van der Waals surface area contributed by atoms with Crippen molar-refractivity contribution in [2.45, 2.75) is 25.2 Å². The van der Waals surface area contributed by atoms with Crippen LogP contribution in [0.4, 0.5) is 0 Å². The van der Waals surface area contributed by atoms with E-state index in [0.717, 1.165) is 12.0 Å². The lowest BCUT2D eigenvalue weighted by Crippen LogP contribution is -2.37. The molecule has 0 fully saturated rings. The van der Waals surface area contributed by atoms with Gasteiger partial charge >= 0.3 is 0 Å². The standard InChI is InChI=1S/C21H28N2O3/c1-25-21(26-2)15-19(18-11-7-4-8-12-18)23-16-20(24)22-14-13-17-9-5-3-6-10-17/h3-12,19,21,23H,13-16H2,1-2H3,(H,22,24). The predicted octanol–water partition coefficient (Wildman–Crippen LogP) is 2.69. The van der Waals surface area contributed by atoms with E-state index in [0.29, 0.717) is 13.0 Å². The van der Waals surface area contributed by atoms with Gasteiger partial charge in [0.2, 0.25) is 5.91 Å². The number of methoxy groups -OCH3 is 2. The van der Waals surface area contributed by atoms with Crippen LogP contribution in [0.3, 0.4) is 0 Å². The molecular formula is C21H28N2O3. The van der Waals surface area contributed by atoms with Gasteiger partial charge in [0, 0.05) is 33.2 Å². The van der Waals surface area contributed by atoms with Crippen LogP contribution in [0.15, 0.2) is 60.7 Å². The lowest BCUT2D eigenvalue weighted by Gasteiger charge is -2.23. The van der Waals surface area contributed by atoms with Gasteiger partial charge in [-0.2, -0.15) is 0 Å². The first-order valence-corrected chi connectivity index (χ1v) is 8.87. The highest BCUT2D eigenvalue weighted by Gasteiger charge is 2.18. The summed E-state index contributed by atoms with van der Waals surface area (Å²) in [6.45, 7) is 0.869. The molecule has 0 heterocycles. The molecule has 140 valence electrons. The van der Waals surface area contributed by atoms with Gasteiger partial charge in [-0.3, -0.25) is 4.79 Å². The molecule has 0 saturated heterocycles. The van der Waals surface area contributed by atoms with Crippen LogP contribution < -0.4 is 10.6 Å². The maximum Gasteiger partial charge on any atom is 0.233 e. The number of hydrogen-bond acceptors (Lipinski definition) is 4. The van der Waals surface area contributed by atoms with Crippen molar-refractivity contribution < 1.29 is 14.3 Å². The molecule has 0 spiro atoms. The molecule has 2 aromatic carbocycles. The van der Waals surface area contributed by atoms with E-state index in [9.17, 15) is 4.79 Å². The molecule has 2 rings (SSSR count). The van der Waals surface area contributed by atoms with Gasteiger partial charge in [0.25, 0.3) is 0 Å². The van der Waals surface area contributed by atoms with E-state index in [-0.39, 0.29) is 24.8 Å². The molecule has 0 saturated carbocycles. The van der Waals surface area contributed by atoms with Gasteiger partial charge < -0.3 is 20.1 Å². The minimum absolute atomic E-state index is 0.0201. The number of benzene rings is 2. The second-order valence-electron chi connectivity index (χ2n) is 6.07. The molecule has 2 aromatic rings. The van der Waals surface area contributed by atoms with Gasteiger partial charge in [-0.05, 0) is 17.5 Å². The molecule has 1 unspecified atom stereocenters. The number of rotatable bonds is 11. The second-order valence-corrected chi connectivity index (χ2v) is 6.07. The zero-order valence-electron chi connectivity index (χ0n) is 15.5. The topological polar surface area (TPSA) is 59.6 Å². The van der Waals surface area contributed by atoms with Crippen LogP contribution in [-0.2, 0) is 20.7 Å². The van der Waals surface area contributed by atoms with Gasteiger partial charge in [-0.1, -0.05) is 60.7 Å². The van der Waals surface area contributed by atoms with Gasteiger partial charge in [-0.15, -0.1) is 0 Å². The maximum atomic E-state index is 12.2. The van der Waals surface area contributed by atoms with Crippen molar-refractivity contribution in [2.75, 3.05) is 27.3 Å². The molecule has 0 aliphatic heterocycles. The van der Waals surface area contributed by atoms with Gasteiger partial charge in [0.05, 0.1) is 6.54 Å². The van der Waals surface area contributed by atoms with E-state index in [2.05, 4.69) is 22.8 Å². The highest BCUT2D eigenvalue weighted by Crippen LogP contribution is 2.19. The fourth-order valence-corrected chi connectivity index (χ4v) is 2.77. The predicted molar refractivity (Wildman–Crippen MR) is 103 cm³/mol. The molecule has 0 bridgehead atoms. The average molecular weight is 356 g/mol. The quantitative estimate of drug-likeness (QED) is 0.608. The summed E-state index contributed by atoms with van der Waals surface area (Å²) in [5.74, 6) is -0.0201. The summed E-state index contributed by atoms with van der Waals surface area (Å²) in [6.07, 6.45) is 1.12. The highest BCUT2D eigenvalue weighted by molar-refractivity contribution is 5.78. The second kappa shape index (κ2) is 11.4. The molecule has 0 aliphatic carbocycles. The number of carbonyl (C=O) groups is 1. The van der Waals surface area contributed by atoms with Crippen molar-refractivity contribution in [1.82, 2.24) is 10.6 Å². The van der Waals surface area contributed by atoms with E-state index >= 15 is 0 Å². The van der Waals surface area contributed by atoms with Crippen LogP contribution >= 0.6 is 0 Å². The Balaban J connectivity index is 1.82. The van der Waals surface area contributed by atoms with Crippen LogP contribution in [-0.4, -0.2) is 39.5 Å². The Morgan fingerprint density at radius 2 is 1.58 bits per heavy atom. The summed E-state index contributed by atoms with van der Waals surface area (Å²) >= 11 is 0. The lowest BCUT2D eigenvalue weighted by atomic mass is 10.0. The van der Waals surface area contributed by atoms with Crippen LogP contribution in [0.25, 0.3) is 0 Å². The van der Waals surface area contributed by atoms with Gasteiger partial charge in [0.1, 0.15) is 0 Å². The molecule has 1 amide bonds. The minimum atomic E-state index is -0.325. The third-order valence-electron chi connectivity index (χ3n) is 4.24. The van der Waals surface area contributed by atoms with Crippen molar-refractivity contribution in [3.05, 3.63) is 71.8 Å². The van der Waals surface area contributed by atoms with Crippen LogP contribution in [0.1, 0.15) is 23.6 Å². The van der Waals surface area contributed by atoms with Crippen molar-refractivity contribution in [3.63, 3.8) is 0 Å². The SMILES string of the molecule is COC(CC(NCC(=O)NCCc1ccccc1)c1ccccc1)OC. The number of amides is 1. The van der Waals surface area contributed by atoms with Crippen LogP contribution in [0.5, 0.6) is 0 Å². The summed E-state index contributed by atoms with van der Waals surface area (Å²) in [4.78, 5) is 12.2. The monoisotopic (exact) mass is 356 g/mol. The number of nitrogens with one attached hydrogen (secondary N) is 2. The summed E-state index contributed by atoms with van der Waals surface area (Å²) in [5, 5.41) is 6.27. The van der Waals surface area contributed by atoms with E-state index < -0.39 is 0 Å². The Bertz CT molecular complexity index is 630. The summed E-state index contributed by atoms with van der Waals surface area (Å²) < 4.78 is 10.6. The van der Waals surface area contributed by atoms with E-state index in [1.807, 2.05) is 48.5 Å². The van der Waals surface area contributed by atoms with E-state index in [4.69, 9.17) is 9.47 Å². The molecule has 0 aliphatic rings. The van der Waals surface area contributed by atoms with Crippen molar-refractivity contribution in [1.29, 1.82) is 0 Å². The highest BCUT2D eigenvalue weighted by atomic mass is 16.7. The largest absolute Gasteiger partial charge is 0.356 e. The third-order valence-corrected chi connectivity index (χ3v) is 4.24. The minimum Gasteiger partial charge on any atom is -0.356 e. The molecule has 0 radical (unpaired) electrons. The fourth-order valence-electron chi connectivity index (χ4n) is 2.77. The zero-order valence-corrected chi connectivity index (χ0v) is 15.5. The zero-order chi connectivity index (χ0) is 18.6. The smallest absolute Gasteiger partial charge is 0.233 e. The Morgan fingerprint density at radius 3 is 2.19 bits per heavy atom. The third kappa shape index (κ3) is 6.96.